The molecule has 7 rings (SSSR count). The van der Waals surface area contributed by atoms with Crippen molar-refractivity contribution in [1.29, 1.82) is 0 Å². The number of phosphoric acid groups is 4. The number of imidazole rings is 2. The van der Waals surface area contributed by atoms with E-state index >= 15 is 0 Å². The molecule has 73 heavy (non-hydrogen) atoms. The molecule has 11 atom stereocenters. The summed E-state index contributed by atoms with van der Waals surface area (Å²) in [6, 6.07) is 0. The van der Waals surface area contributed by atoms with Crippen LogP contribution < -0.4 is 26.9 Å². The highest BCUT2D eigenvalue weighted by molar-refractivity contribution is 7.66. The number of aliphatic hydroxyl groups is 2. The molecule has 1 saturated heterocycles. The van der Waals surface area contributed by atoms with E-state index in [1.165, 1.54) is 28.6 Å². The predicted molar refractivity (Wildman–Crippen MR) is 250 cm³/mol. The third-order valence-electron chi connectivity index (χ3n) is 10.7. The number of ether oxygens (including phenoxy) is 3. The molecular weight excluding hydrogens is 1080 g/mol. The average Bonchev–Trinajstić information content (AvgIpc) is 4.10. The predicted octanol–water partition coefficient (Wildman–Crippen LogP) is 0.107. The number of nitrogen functional groups attached to an aromatic ring is 2. The summed E-state index contributed by atoms with van der Waals surface area (Å²) in [5.41, 5.74) is 13.9. The molecule has 1 aliphatic heterocycles. The highest BCUT2D eigenvalue weighted by atomic mass is 32.1. The third kappa shape index (κ3) is 13.2. The second-order valence-electron chi connectivity index (χ2n) is 15.5. The molecule has 0 spiro atoms. The first kappa shape index (κ1) is 56.1. The van der Waals surface area contributed by atoms with Gasteiger partial charge in [0, 0.05) is 42.2 Å². The SMILES string of the molecule is CNc1ncnc2c1ncn2C1OC(COP(=O)(O)OP(=O)(O)OP(=O)(O)OCCc2sc[n+](Cc3cnc(C)nc3N)c2C)C(OP(=O)(O)OCC(OC)C(O)C(O)n2cnc3c(=O)[nH]c(N)nc32)C1OC.[HH]. The topological polar surface area (TPSA) is 474 Å². The first-order valence-corrected chi connectivity index (χ1v) is 27.8. The van der Waals surface area contributed by atoms with Crippen LogP contribution in [0.25, 0.3) is 22.3 Å². The first-order chi connectivity index (χ1) is 34.3. The number of phosphoric ester groups is 3. The summed E-state index contributed by atoms with van der Waals surface area (Å²) in [5, 5.41) is 24.9. The Kier molecular flexibility index (Phi) is 17.4. The number of aromatic amines is 1. The molecular formula is C34H51N14O20P4S+. The Bertz CT molecular complexity index is 3210. The average molecular weight is 1130 g/mol. The van der Waals surface area contributed by atoms with Crippen LogP contribution in [-0.2, 0) is 72.2 Å². The Hall–Kier alpha value is -4.67. The zero-order valence-electron chi connectivity index (χ0n) is 38.7. The Balaban J connectivity index is 0.00000892. The van der Waals surface area contributed by atoms with Crippen molar-refractivity contribution in [2.75, 3.05) is 57.9 Å². The van der Waals surface area contributed by atoms with Crippen LogP contribution in [0.15, 0.2) is 35.5 Å². The molecule has 12 N–H and O–H groups in total. The first-order valence-electron chi connectivity index (χ1n) is 20.9. The quantitative estimate of drug-likeness (QED) is 0.0268. The van der Waals surface area contributed by atoms with Crippen molar-refractivity contribution < 1.29 is 95.0 Å². The molecule has 6 aromatic heterocycles. The second kappa shape index (κ2) is 22.7. The summed E-state index contributed by atoms with van der Waals surface area (Å²) in [6.45, 7) is 1.07. The molecule has 1 aliphatic rings. The molecule has 1 fully saturated rings. The maximum Gasteiger partial charge on any atom is 0.490 e. The van der Waals surface area contributed by atoms with Gasteiger partial charge in [0.1, 0.15) is 54.0 Å². The summed E-state index contributed by atoms with van der Waals surface area (Å²) in [6.07, 6.45) is -7.04. The number of hydrogen-bond acceptors (Lipinski definition) is 27. The Labute approximate surface area is 416 Å². The lowest BCUT2D eigenvalue weighted by Gasteiger charge is -2.28. The molecule has 0 bridgehead atoms. The fourth-order valence-electron chi connectivity index (χ4n) is 7.23. The number of anilines is 3. The van der Waals surface area contributed by atoms with Gasteiger partial charge in [0.15, 0.2) is 47.3 Å². The molecule has 6 aromatic rings. The summed E-state index contributed by atoms with van der Waals surface area (Å²) in [4.78, 5) is 86.1. The Morgan fingerprint density at radius 3 is 2.32 bits per heavy atom. The zero-order valence-corrected chi connectivity index (χ0v) is 43.1. The number of aryl methyl sites for hydroxylation is 1. The van der Waals surface area contributed by atoms with Gasteiger partial charge in [-0.1, -0.05) is 11.3 Å². The van der Waals surface area contributed by atoms with Gasteiger partial charge in [0.25, 0.3) is 5.56 Å². The lowest BCUT2D eigenvalue weighted by molar-refractivity contribution is -0.689. The number of nitrogens with one attached hydrogen (secondary N) is 2. The maximum absolute atomic E-state index is 13.7. The number of nitrogens with zero attached hydrogens (tertiary/aromatic N) is 10. The largest absolute Gasteiger partial charge is 0.490 e. The van der Waals surface area contributed by atoms with Gasteiger partial charge in [-0.25, -0.2) is 48.2 Å². The van der Waals surface area contributed by atoms with Crippen LogP contribution in [0.4, 0.5) is 17.6 Å². The molecule has 7 heterocycles. The summed E-state index contributed by atoms with van der Waals surface area (Å²) in [7, 11) is -19.0. The molecule has 402 valence electrons. The van der Waals surface area contributed by atoms with Crippen molar-refractivity contribution in [3.63, 3.8) is 0 Å². The van der Waals surface area contributed by atoms with E-state index in [0.717, 1.165) is 30.8 Å². The van der Waals surface area contributed by atoms with Gasteiger partial charge in [0.05, 0.1) is 42.9 Å². The Morgan fingerprint density at radius 2 is 1.63 bits per heavy atom. The number of aromatic nitrogens is 11. The van der Waals surface area contributed by atoms with Crippen LogP contribution in [0.5, 0.6) is 0 Å². The highest BCUT2D eigenvalue weighted by Crippen LogP contribution is 2.68. The third-order valence-corrected chi connectivity index (χ3v) is 17.1. The van der Waals surface area contributed by atoms with Crippen molar-refractivity contribution in [3.05, 3.63) is 63.0 Å². The highest BCUT2D eigenvalue weighted by Gasteiger charge is 2.52. The van der Waals surface area contributed by atoms with Crippen LogP contribution in [0.3, 0.4) is 0 Å². The van der Waals surface area contributed by atoms with Crippen molar-refractivity contribution in [2.24, 2.45) is 0 Å². The summed E-state index contributed by atoms with van der Waals surface area (Å²) in [5.74, 6) is 0.732. The van der Waals surface area contributed by atoms with E-state index in [9.17, 15) is 52.8 Å². The van der Waals surface area contributed by atoms with Crippen molar-refractivity contribution in [1.82, 2.24) is 49.0 Å². The monoisotopic (exact) mass is 1130 g/mol. The van der Waals surface area contributed by atoms with Gasteiger partial charge >= 0.3 is 31.3 Å². The van der Waals surface area contributed by atoms with Crippen LogP contribution >= 0.6 is 42.6 Å². The molecule has 0 aromatic carbocycles. The maximum atomic E-state index is 13.7. The fraction of sp³-hybridized carbons (Fsp3) is 0.500. The number of H-pyrrole nitrogens is 1. The number of fused-ring (bicyclic) bond motifs is 2. The minimum Gasteiger partial charge on any atom is -0.386 e. The number of aliphatic hydroxyl groups excluding tert-OH is 2. The molecule has 39 heteroatoms. The van der Waals surface area contributed by atoms with E-state index in [2.05, 4.69) is 53.8 Å². The zero-order chi connectivity index (χ0) is 53.2. The van der Waals surface area contributed by atoms with Gasteiger partial charge in [-0.2, -0.15) is 18.2 Å². The number of nitrogens with two attached hydrogens (primary N) is 2. The standard InChI is InChI=1S/C34H48N14O20P4S.H2/c1-16-21(73-15-46(16)9-18-8-38-17(2)43-27(18)35)6-7-62-70(54,55)67-72(58,59)68-71(56,57)64-11-20-25(26(61-5)33(65-20)48-14-41-22-28(37-3)39-12-40-29(22)48)66-69(52,53)63-10-19(60-4)24(49)32(51)47-13-42-23-30(47)44-34(36)45-31(23)50;/h8,12-15,19-20,24-26,32-33,49,51H,6-7,9-11H2,1-5H3,(H9-,35,36,37,38,39,40,43,44,45,50,52,53,54,55,56,57,58,59);1H/p+1. The van der Waals surface area contributed by atoms with Crippen LogP contribution in [0, 0.1) is 13.8 Å². The van der Waals surface area contributed by atoms with E-state index in [1.54, 1.807) is 32.6 Å². The summed E-state index contributed by atoms with van der Waals surface area (Å²) >= 11 is 1.26. The van der Waals surface area contributed by atoms with Gasteiger partial charge in [-0.15, -0.1) is 0 Å². The number of thiazole rings is 1. The molecule has 0 radical (unpaired) electrons. The van der Waals surface area contributed by atoms with E-state index < -0.39 is 99.6 Å². The normalized spacial score (nSPS) is 21.8. The van der Waals surface area contributed by atoms with Gasteiger partial charge in [0.2, 0.25) is 11.5 Å². The van der Waals surface area contributed by atoms with E-state index in [4.69, 9.17) is 43.8 Å². The van der Waals surface area contributed by atoms with Gasteiger partial charge < -0.3 is 60.8 Å². The van der Waals surface area contributed by atoms with E-state index in [0.29, 0.717) is 28.6 Å². The lowest BCUT2D eigenvalue weighted by atomic mass is 10.1. The van der Waals surface area contributed by atoms with Crippen LogP contribution in [0.1, 0.15) is 35.8 Å². The Morgan fingerprint density at radius 1 is 0.918 bits per heavy atom. The summed E-state index contributed by atoms with van der Waals surface area (Å²) < 4.78 is 102. The minimum atomic E-state index is -6.00. The van der Waals surface area contributed by atoms with Gasteiger partial charge in [-0.05, 0) is 6.92 Å². The van der Waals surface area contributed by atoms with Crippen molar-refractivity contribution >= 4 is 82.5 Å². The molecule has 34 nitrogen and oxygen atoms in total. The van der Waals surface area contributed by atoms with E-state index in [-0.39, 0.29) is 41.9 Å². The number of hydrogen-bond donors (Lipinski definition) is 10. The molecule has 0 saturated carbocycles. The van der Waals surface area contributed by atoms with Crippen molar-refractivity contribution in [3.8, 4) is 0 Å². The lowest BCUT2D eigenvalue weighted by Crippen LogP contribution is -2.40. The number of rotatable bonds is 25. The van der Waals surface area contributed by atoms with Crippen LogP contribution in [0.2, 0.25) is 0 Å². The minimum absolute atomic E-state index is 0. The van der Waals surface area contributed by atoms with Crippen molar-refractivity contribution in [2.45, 2.75) is 69.8 Å². The fourth-order valence-corrected chi connectivity index (χ4v) is 12.7. The van der Waals surface area contributed by atoms with E-state index in [1.807, 2.05) is 4.57 Å². The van der Waals surface area contributed by atoms with Gasteiger partial charge in [-0.3, -0.25) is 37.0 Å². The molecule has 11 unspecified atom stereocenters. The van der Waals surface area contributed by atoms with Crippen LogP contribution in [-0.4, -0.2) is 150 Å². The second-order valence-corrected chi connectivity index (χ2v) is 22.5. The molecule has 0 aliphatic carbocycles. The number of methoxy groups -OCH3 is 2. The molecule has 0 amide bonds. The smallest absolute Gasteiger partial charge is 0.386 e.